The van der Waals surface area contributed by atoms with Crippen LogP contribution >= 0.6 is 11.8 Å². The van der Waals surface area contributed by atoms with Crippen LogP contribution in [0.15, 0.2) is 23.4 Å². The lowest BCUT2D eigenvalue weighted by atomic mass is 10.3. The Bertz CT molecular complexity index is 359. The fraction of sp³-hybridized carbons (Fsp3) is 0.455. The Labute approximate surface area is 94.0 Å². The van der Waals surface area contributed by atoms with E-state index in [9.17, 15) is 0 Å². The molecule has 0 amide bonds. The van der Waals surface area contributed by atoms with E-state index < -0.39 is 0 Å². The van der Waals surface area contributed by atoms with Gasteiger partial charge in [0.2, 0.25) is 0 Å². The predicted molar refractivity (Wildman–Crippen MR) is 63.4 cm³/mol. The van der Waals surface area contributed by atoms with Gasteiger partial charge in [-0.2, -0.15) is 0 Å². The zero-order valence-corrected chi connectivity index (χ0v) is 9.39. The van der Waals surface area contributed by atoms with Crippen molar-refractivity contribution in [3.8, 4) is 0 Å². The molecule has 0 aliphatic heterocycles. The van der Waals surface area contributed by atoms with E-state index in [0.717, 1.165) is 10.6 Å². The summed E-state index contributed by atoms with van der Waals surface area (Å²) in [5.74, 6) is 0.114. The van der Waals surface area contributed by atoms with Gasteiger partial charge in [0.05, 0.1) is 0 Å². The Morgan fingerprint density at radius 2 is 2.20 bits per heavy atom. The molecular weight excluding hydrogens is 206 g/mol. The van der Waals surface area contributed by atoms with Crippen LogP contribution in [0.4, 0.5) is 0 Å². The van der Waals surface area contributed by atoms with Crippen molar-refractivity contribution < 1.29 is 0 Å². The standard InChI is InChI=1S/C11H15N3S/c12-10(13)9-6-3-7-14-11(9)15-8-4-1-2-5-8/h3,6-8H,1-2,4-5H2,(H3,12,13). The summed E-state index contributed by atoms with van der Waals surface area (Å²) in [7, 11) is 0. The van der Waals surface area contributed by atoms with E-state index in [0.29, 0.717) is 5.25 Å². The Morgan fingerprint density at radius 3 is 2.87 bits per heavy atom. The first-order valence-electron chi connectivity index (χ1n) is 5.23. The average molecular weight is 221 g/mol. The van der Waals surface area contributed by atoms with E-state index in [4.69, 9.17) is 11.1 Å². The molecule has 0 spiro atoms. The molecule has 1 aromatic heterocycles. The maximum absolute atomic E-state index is 7.47. The summed E-state index contributed by atoms with van der Waals surface area (Å²) in [6, 6.07) is 3.70. The third kappa shape index (κ3) is 2.50. The molecule has 3 N–H and O–H groups in total. The second kappa shape index (κ2) is 4.66. The molecule has 0 saturated heterocycles. The third-order valence-corrected chi connectivity index (χ3v) is 4.00. The summed E-state index contributed by atoms with van der Waals surface area (Å²) in [6.07, 6.45) is 6.93. The number of aromatic nitrogens is 1. The molecule has 80 valence electrons. The van der Waals surface area contributed by atoms with Crippen LogP contribution in [0.2, 0.25) is 0 Å². The van der Waals surface area contributed by atoms with Gasteiger partial charge < -0.3 is 5.73 Å². The fourth-order valence-electron chi connectivity index (χ4n) is 1.85. The fourth-order valence-corrected chi connectivity index (χ4v) is 3.17. The Hall–Kier alpha value is -1.03. The molecule has 0 atom stereocenters. The maximum Gasteiger partial charge on any atom is 0.125 e. The molecule has 1 aromatic rings. The van der Waals surface area contributed by atoms with Crippen molar-refractivity contribution >= 4 is 17.6 Å². The summed E-state index contributed by atoms with van der Waals surface area (Å²) < 4.78 is 0. The molecule has 0 radical (unpaired) electrons. The Morgan fingerprint density at radius 1 is 1.47 bits per heavy atom. The summed E-state index contributed by atoms with van der Waals surface area (Å²) in [5.41, 5.74) is 6.29. The van der Waals surface area contributed by atoms with Crippen molar-refractivity contribution in [1.29, 1.82) is 5.41 Å². The van der Waals surface area contributed by atoms with Gasteiger partial charge in [-0.1, -0.05) is 12.8 Å². The molecular formula is C11H15N3S. The van der Waals surface area contributed by atoms with E-state index in [2.05, 4.69) is 4.98 Å². The highest BCUT2D eigenvalue weighted by Crippen LogP contribution is 2.34. The smallest absolute Gasteiger partial charge is 0.125 e. The minimum atomic E-state index is 0.114. The van der Waals surface area contributed by atoms with Gasteiger partial charge in [0.1, 0.15) is 10.9 Å². The topological polar surface area (TPSA) is 62.8 Å². The lowest BCUT2D eigenvalue weighted by molar-refractivity contribution is 0.886. The van der Waals surface area contributed by atoms with Crippen LogP contribution in [0.3, 0.4) is 0 Å². The number of nitrogens with two attached hydrogens (primary N) is 1. The largest absolute Gasteiger partial charge is 0.384 e. The minimum Gasteiger partial charge on any atom is -0.384 e. The highest BCUT2D eigenvalue weighted by Gasteiger charge is 2.18. The van der Waals surface area contributed by atoms with Crippen molar-refractivity contribution in [3.05, 3.63) is 23.9 Å². The molecule has 0 aromatic carbocycles. The average Bonchev–Trinajstić information content (AvgIpc) is 2.71. The van der Waals surface area contributed by atoms with Gasteiger partial charge in [0.15, 0.2) is 0 Å². The van der Waals surface area contributed by atoms with Gasteiger partial charge in [-0.15, -0.1) is 11.8 Å². The van der Waals surface area contributed by atoms with Crippen LogP contribution in [0, 0.1) is 5.41 Å². The number of amidine groups is 1. The first-order chi connectivity index (χ1) is 7.27. The van der Waals surface area contributed by atoms with Crippen LogP contribution in [-0.2, 0) is 0 Å². The Balaban J connectivity index is 2.15. The van der Waals surface area contributed by atoms with Crippen molar-refractivity contribution in [2.75, 3.05) is 0 Å². The van der Waals surface area contributed by atoms with Crippen molar-refractivity contribution in [3.63, 3.8) is 0 Å². The number of pyridine rings is 1. The van der Waals surface area contributed by atoms with Crippen LogP contribution < -0.4 is 5.73 Å². The third-order valence-electron chi connectivity index (χ3n) is 2.64. The summed E-state index contributed by atoms with van der Waals surface area (Å²) in [6.45, 7) is 0. The lowest BCUT2D eigenvalue weighted by Crippen LogP contribution is -2.13. The highest BCUT2D eigenvalue weighted by molar-refractivity contribution is 7.99. The molecule has 4 heteroatoms. The second-order valence-corrected chi connectivity index (χ2v) is 5.08. The van der Waals surface area contributed by atoms with E-state index in [1.165, 1.54) is 25.7 Å². The number of rotatable bonds is 3. The predicted octanol–water partition coefficient (Wildman–Crippen LogP) is 2.40. The van der Waals surface area contributed by atoms with E-state index >= 15 is 0 Å². The first kappa shape index (κ1) is 10.5. The molecule has 15 heavy (non-hydrogen) atoms. The summed E-state index contributed by atoms with van der Waals surface area (Å²) >= 11 is 1.77. The quantitative estimate of drug-likeness (QED) is 0.608. The SMILES string of the molecule is N=C(N)c1cccnc1SC1CCCC1. The molecule has 0 bridgehead atoms. The second-order valence-electron chi connectivity index (χ2n) is 3.79. The van der Waals surface area contributed by atoms with Crippen molar-refractivity contribution in [1.82, 2.24) is 4.98 Å². The molecule has 0 unspecified atom stereocenters. The van der Waals surface area contributed by atoms with E-state index in [-0.39, 0.29) is 5.84 Å². The number of nitrogen functional groups attached to an aromatic ring is 1. The van der Waals surface area contributed by atoms with Gasteiger partial charge in [0, 0.05) is 17.0 Å². The van der Waals surface area contributed by atoms with Gasteiger partial charge >= 0.3 is 0 Å². The van der Waals surface area contributed by atoms with Crippen LogP contribution in [-0.4, -0.2) is 16.1 Å². The van der Waals surface area contributed by atoms with Gasteiger partial charge in [0.25, 0.3) is 0 Å². The van der Waals surface area contributed by atoms with E-state index in [1.807, 2.05) is 12.1 Å². The molecule has 1 fully saturated rings. The number of hydrogen-bond acceptors (Lipinski definition) is 3. The molecule has 2 rings (SSSR count). The number of nitrogens with one attached hydrogen (secondary N) is 1. The van der Waals surface area contributed by atoms with Gasteiger partial charge in [-0.25, -0.2) is 4.98 Å². The number of hydrogen-bond donors (Lipinski definition) is 2. The van der Waals surface area contributed by atoms with Crippen molar-refractivity contribution in [2.45, 2.75) is 36.0 Å². The normalized spacial score (nSPS) is 16.8. The number of nitrogens with zero attached hydrogens (tertiary/aromatic N) is 1. The summed E-state index contributed by atoms with van der Waals surface area (Å²) in [5, 5.41) is 9.05. The molecule has 1 aliphatic rings. The van der Waals surface area contributed by atoms with Crippen LogP contribution in [0.25, 0.3) is 0 Å². The monoisotopic (exact) mass is 221 g/mol. The van der Waals surface area contributed by atoms with Crippen LogP contribution in [0.1, 0.15) is 31.2 Å². The van der Waals surface area contributed by atoms with Crippen molar-refractivity contribution in [2.24, 2.45) is 5.73 Å². The zero-order valence-electron chi connectivity index (χ0n) is 8.57. The lowest BCUT2D eigenvalue weighted by Gasteiger charge is -2.10. The zero-order chi connectivity index (χ0) is 10.7. The first-order valence-corrected chi connectivity index (χ1v) is 6.11. The van der Waals surface area contributed by atoms with Crippen LogP contribution in [0.5, 0.6) is 0 Å². The highest BCUT2D eigenvalue weighted by atomic mass is 32.2. The minimum absolute atomic E-state index is 0.114. The molecule has 1 aliphatic carbocycles. The maximum atomic E-state index is 7.47. The van der Waals surface area contributed by atoms with Gasteiger partial charge in [-0.05, 0) is 25.0 Å². The van der Waals surface area contributed by atoms with E-state index in [1.54, 1.807) is 18.0 Å². The summed E-state index contributed by atoms with van der Waals surface area (Å²) in [4.78, 5) is 4.31. The molecule has 1 saturated carbocycles. The molecule has 3 nitrogen and oxygen atoms in total. The molecule has 1 heterocycles. The van der Waals surface area contributed by atoms with Gasteiger partial charge in [-0.3, -0.25) is 5.41 Å². The number of thioether (sulfide) groups is 1. The Kier molecular flexibility index (Phi) is 3.26.